The fraction of sp³-hybridized carbons (Fsp3) is 0.342. The van der Waals surface area contributed by atoms with Crippen LogP contribution in [-0.4, -0.2) is 99.0 Å². The molecule has 16 nitrogen and oxygen atoms in total. The van der Waals surface area contributed by atoms with E-state index < -0.39 is 29.7 Å². The number of hydrogen-bond acceptors (Lipinski definition) is 13. The van der Waals surface area contributed by atoms with Crippen molar-refractivity contribution in [2.24, 2.45) is 0 Å². The molecule has 1 unspecified atom stereocenters. The van der Waals surface area contributed by atoms with Crippen LogP contribution < -0.4 is 26.2 Å². The smallest absolute Gasteiger partial charge is 0.267 e. The first kappa shape index (κ1) is 38.3. The van der Waals surface area contributed by atoms with Gasteiger partial charge in [-0.3, -0.25) is 39.0 Å². The summed E-state index contributed by atoms with van der Waals surface area (Å²) in [4.78, 5) is 95.2. The van der Waals surface area contributed by atoms with Gasteiger partial charge in [0.15, 0.2) is 5.13 Å². The van der Waals surface area contributed by atoms with Gasteiger partial charge < -0.3 is 25.8 Å². The first-order valence-electron chi connectivity index (χ1n) is 18.2. The quantitative estimate of drug-likeness (QED) is 0.116. The number of piperidine rings is 1. The van der Waals surface area contributed by atoms with Gasteiger partial charge in [-0.15, -0.1) is 0 Å². The summed E-state index contributed by atoms with van der Waals surface area (Å²) in [6.45, 7) is 6.40. The highest BCUT2D eigenvalue weighted by molar-refractivity contribution is 7.17. The molecule has 3 aliphatic heterocycles. The second-order valence-electron chi connectivity index (χ2n) is 13.6. The summed E-state index contributed by atoms with van der Waals surface area (Å²) >= 11 is 7.46. The van der Waals surface area contributed by atoms with Crippen molar-refractivity contribution in [3.63, 3.8) is 0 Å². The zero-order valence-electron chi connectivity index (χ0n) is 30.7. The van der Waals surface area contributed by atoms with Crippen LogP contribution in [0, 0.1) is 13.8 Å². The van der Waals surface area contributed by atoms with Gasteiger partial charge in [0.25, 0.3) is 17.7 Å². The molecule has 4 N–H and O–H groups in total. The van der Waals surface area contributed by atoms with Crippen LogP contribution in [0.3, 0.4) is 0 Å². The average molecular weight is 799 g/mol. The summed E-state index contributed by atoms with van der Waals surface area (Å²) < 4.78 is 0. The Kier molecular flexibility index (Phi) is 11.2. The number of halogens is 1. The molecule has 5 heterocycles. The molecule has 0 radical (unpaired) electrons. The lowest BCUT2D eigenvalue weighted by Crippen LogP contribution is -2.54. The largest absolute Gasteiger partial charge is 0.384 e. The van der Waals surface area contributed by atoms with Gasteiger partial charge in [-0.1, -0.05) is 41.1 Å². The lowest BCUT2D eigenvalue weighted by atomic mass is 10.0. The van der Waals surface area contributed by atoms with Crippen molar-refractivity contribution in [1.29, 1.82) is 0 Å². The molecule has 18 heteroatoms. The first-order valence-corrected chi connectivity index (χ1v) is 19.4. The van der Waals surface area contributed by atoms with Gasteiger partial charge in [0.2, 0.25) is 17.7 Å². The molecule has 2 saturated heterocycles. The summed E-state index contributed by atoms with van der Waals surface area (Å²) in [5.41, 5.74) is 2.32. The number of fused-ring (bicyclic) bond motifs is 1. The highest BCUT2D eigenvalue weighted by Crippen LogP contribution is 2.33. The van der Waals surface area contributed by atoms with Crippen molar-refractivity contribution in [3.8, 4) is 0 Å². The van der Waals surface area contributed by atoms with Crippen LogP contribution in [0.4, 0.5) is 28.1 Å². The molecule has 2 aromatic heterocycles. The molecule has 2 fully saturated rings. The third kappa shape index (κ3) is 8.18. The first-order chi connectivity index (χ1) is 27.0. The number of thiazole rings is 1. The molecule has 3 aliphatic rings. The van der Waals surface area contributed by atoms with Crippen LogP contribution in [0.25, 0.3) is 0 Å². The van der Waals surface area contributed by atoms with E-state index in [1.165, 1.54) is 17.5 Å². The maximum atomic E-state index is 13.3. The zero-order chi connectivity index (χ0) is 39.5. The molecule has 7 rings (SSSR count). The Labute approximate surface area is 331 Å². The molecule has 0 saturated carbocycles. The Hall–Kier alpha value is -5.94. The molecule has 0 bridgehead atoms. The molecular formula is C38H39ClN10O6S. The number of rotatable bonds is 12. The standard InChI is InChI=1S/C38H39ClN10O6S/c1-21-7-5-9-24(39)33(21)46-35(53)27-20-41-38(56-27)44-28-19-29(43-22(2)42-28)47-15-17-48(18-16-47)31(51)11-3-4-14-40-25-10-6-8-23-32(25)37(55)49(36(23)54)26-12-13-30(50)45-34(26)52/h5-10,19-20,26,40H,3-4,11-18H2,1-2H3,(H,46,53)(H,45,50,52)(H,41,42,43,44). The zero-order valence-corrected chi connectivity index (χ0v) is 32.3. The topological polar surface area (TPSA) is 199 Å². The Morgan fingerprint density at radius 1 is 0.982 bits per heavy atom. The summed E-state index contributed by atoms with van der Waals surface area (Å²) in [6.07, 6.45) is 3.27. The van der Waals surface area contributed by atoms with Crippen molar-refractivity contribution in [2.75, 3.05) is 53.6 Å². The lowest BCUT2D eigenvalue weighted by Gasteiger charge is -2.35. The van der Waals surface area contributed by atoms with Crippen molar-refractivity contribution >= 4 is 86.5 Å². The number of aryl methyl sites for hydroxylation is 2. The van der Waals surface area contributed by atoms with E-state index in [2.05, 4.69) is 41.1 Å². The van der Waals surface area contributed by atoms with E-state index in [0.29, 0.717) is 90.0 Å². The van der Waals surface area contributed by atoms with Crippen LogP contribution in [0.15, 0.2) is 48.7 Å². The number of piperazine rings is 1. The van der Waals surface area contributed by atoms with Crippen molar-refractivity contribution < 1.29 is 28.8 Å². The Bertz CT molecular complexity index is 2220. The van der Waals surface area contributed by atoms with Gasteiger partial charge in [-0.05, 0) is 56.9 Å². The molecule has 56 heavy (non-hydrogen) atoms. The fourth-order valence-corrected chi connectivity index (χ4v) is 7.91. The number of carbonyl (C=O) groups excluding carboxylic acids is 6. The number of nitrogens with zero attached hydrogens (tertiary/aromatic N) is 6. The summed E-state index contributed by atoms with van der Waals surface area (Å²) in [7, 11) is 0. The van der Waals surface area contributed by atoms with Crippen molar-refractivity contribution in [1.82, 2.24) is 30.1 Å². The van der Waals surface area contributed by atoms with E-state index in [1.807, 2.05) is 30.0 Å². The minimum atomic E-state index is -1.03. The third-order valence-electron chi connectivity index (χ3n) is 9.81. The predicted molar refractivity (Wildman–Crippen MR) is 211 cm³/mol. The second-order valence-corrected chi connectivity index (χ2v) is 15.1. The van der Waals surface area contributed by atoms with E-state index >= 15 is 0 Å². The number of nitrogens with one attached hydrogen (secondary N) is 4. The normalized spacial score (nSPS) is 16.8. The van der Waals surface area contributed by atoms with Crippen LogP contribution in [0.2, 0.25) is 5.02 Å². The highest BCUT2D eigenvalue weighted by Gasteiger charge is 2.45. The number of anilines is 5. The maximum absolute atomic E-state index is 13.3. The van der Waals surface area contributed by atoms with Crippen molar-refractivity contribution in [3.05, 3.63) is 81.1 Å². The van der Waals surface area contributed by atoms with Crippen molar-refractivity contribution in [2.45, 2.75) is 52.0 Å². The maximum Gasteiger partial charge on any atom is 0.267 e. The van der Waals surface area contributed by atoms with E-state index in [0.717, 1.165) is 16.3 Å². The SMILES string of the molecule is Cc1nc(Nc2ncc(C(=O)Nc3c(C)cccc3Cl)s2)cc(N2CCN(C(=O)CCCCNc3cccc4c3C(=O)N(C3CCC(=O)NC3=O)C4=O)CC2)n1. The summed E-state index contributed by atoms with van der Waals surface area (Å²) in [6, 6.07) is 11.1. The average Bonchev–Trinajstić information content (AvgIpc) is 3.74. The minimum absolute atomic E-state index is 0.0520. The minimum Gasteiger partial charge on any atom is -0.384 e. The van der Waals surface area contributed by atoms with Crippen LogP contribution >= 0.6 is 22.9 Å². The van der Waals surface area contributed by atoms with Gasteiger partial charge in [0, 0.05) is 57.3 Å². The number of imide groups is 2. The van der Waals surface area contributed by atoms with Gasteiger partial charge in [0.05, 0.1) is 28.0 Å². The molecule has 6 amide bonds. The van der Waals surface area contributed by atoms with Gasteiger partial charge >= 0.3 is 0 Å². The molecule has 0 aliphatic carbocycles. The molecule has 2 aromatic carbocycles. The molecule has 1 atom stereocenters. The highest BCUT2D eigenvalue weighted by atomic mass is 35.5. The summed E-state index contributed by atoms with van der Waals surface area (Å²) in [5, 5.41) is 12.4. The van der Waals surface area contributed by atoms with Crippen LogP contribution in [-0.2, 0) is 14.4 Å². The van der Waals surface area contributed by atoms with Gasteiger partial charge in [-0.25, -0.2) is 15.0 Å². The number of hydrogen-bond donors (Lipinski definition) is 4. The number of amides is 6. The second kappa shape index (κ2) is 16.4. The number of carbonyl (C=O) groups is 6. The van der Waals surface area contributed by atoms with Gasteiger partial charge in [-0.2, -0.15) is 0 Å². The Balaban J connectivity index is 0.864. The van der Waals surface area contributed by atoms with E-state index in [1.54, 1.807) is 31.2 Å². The van der Waals surface area contributed by atoms with E-state index in [-0.39, 0.29) is 35.8 Å². The van der Waals surface area contributed by atoms with Gasteiger partial charge in [0.1, 0.15) is 28.4 Å². The number of benzene rings is 2. The van der Waals surface area contributed by atoms with Crippen LogP contribution in [0.5, 0.6) is 0 Å². The number of aromatic nitrogens is 3. The molecule has 4 aromatic rings. The fourth-order valence-electron chi connectivity index (χ4n) is 6.92. The van der Waals surface area contributed by atoms with E-state index in [9.17, 15) is 28.8 Å². The Morgan fingerprint density at radius 3 is 2.54 bits per heavy atom. The number of para-hydroxylation sites is 1. The molecule has 0 spiro atoms. The molecular weight excluding hydrogens is 760 g/mol. The van der Waals surface area contributed by atoms with E-state index in [4.69, 9.17) is 11.6 Å². The summed E-state index contributed by atoms with van der Waals surface area (Å²) in [5.74, 6) is -0.654. The lowest BCUT2D eigenvalue weighted by molar-refractivity contribution is -0.136. The monoisotopic (exact) mass is 798 g/mol. The Morgan fingerprint density at radius 2 is 1.77 bits per heavy atom. The predicted octanol–water partition coefficient (Wildman–Crippen LogP) is 4.53. The number of unbranched alkanes of at least 4 members (excludes halogenated alkanes) is 1. The molecule has 290 valence electrons. The third-order valence-corrected chi connectivity index (χ3v) is 11.0. The van der Waals surface area contributed by atoms with Crippen LogP contribution in [0.1, 0.15) is 73.9 Å².